The summed E-state index contributed by atoms with van der Waals surface area (Å²) in [6.45, 7) is -1.55. The van der Waals surface area contributed by atoms with E-state index >= 15 is 0 Å². The van der Waals surface area contributed by atoms with Gasteiger partial charge in [-0.05, 0) is 64.4 Å². The van der Waals surface area contributed by atoms with Crippen molar-refractivity contribution in [3.8, 4) is 11.5 Å². The van der Waals surface area contributed by atoms with Crippen LogP contribution in [0.5, 0.6) is 11.5 Å². The average Bonchev–Trinajstić information content (AvgIpc) is 2.75. The van der Waals surface area contributed by atoms with Gasteiger partial charge in [0.25, 0.3) is 5.91 Å². The molecule has 0 aliphatic carbocycles. The molecule has 0 radical (unpaired) electrons. The second-order valence-electron chi connectivity index (χ2n) is 7.05. The van der Waals surface area contributed by atoms with Gasteiger partial charge in [0.2, 0.25) is 0 Å². The molecule has 0 atom stereocenters. The standard InChI is InChI=1S/C21H18F8INO3/c1-33-16-10-15(30)17(34-2)9-13(16)6-7-31(11-12-4-3-5-14(22)8-12)18(32)19(23,24)20(25,26)21(27,28)29/h3-5,8-10H,6-7,11H2,1-2H3. The van der Waals surface area contributed by atoms with Crippen molar-refractivity contribution < 1.29 is 49.4 Å². The molecule has 1 amide bonds. The van der Waals surface area contributed by atoms with Crippen LogP contribution in [-0.4, -0.2) is 49.6 Å². The van der Waals surface area contributed by atoms with Crippen molar-refractivity contribution in [3.05, 3.63) is 56.9 Å². The van der Waals surface area contributed by atoms with Crippen LogP contribution in [0.25, 0.3) is 0 Å². The second-order valence-corrected chi connectivity index (χ2v) is 8.21. The van der Waals surface area contributed by atoms with Gasteiger partial charge in [-0.1, -0.05) is 12.1 Å². The molecule has 0 aliphatic rings. The maximum atomic E-state index is 14.2. The van der Waals surface area contributed by atoms with Crippen LogP contribution in [-0.2, 0) is 17.8 Å². The van der Waals surface area contributed by atoms with Gasteiger partial charge in [-0.2, -0.15) is 30.7 Å². The monoisotopic (exact) mass is 611 g/mol. The van der Waals surface area contributed by atoms with Gasteiger partial charge in [-0.25, -0.2) is 4.39 Å². The Morgan fingerprint density at radius 1 is 0.971 bits per heavy atom. The summed E-state index contributed by atoms with van der Waals surface area (Å²) in [5.74, 6) is -15.7. The molecule has 0 saturated heterocycles. The van der Waals surface area contributed by atoms with Crippen LogP contribution in [0, 0.1) is 9.39 Å². The van der Waals surface area contributed by atoms with Crippen LogP contribution in [0.2, 0.25) is 0 Å². The zero-order valence-corrected chi connectivity index (χ0v) is 19.8. The lowest BCUT2D eigenvalue weighted by molar-refractivity contribution is -0.346. The van der Waals surface area contributed by atoms with Crippen LogP contribution >= 0.6 is 22.6 Å². The van der Waals surface area contributed by atoms with Gasteiger partial charge in [0, 0.05) is 13.1 Å². The molecule has 0 aliphatic heterocycles. The number of methoxy groups -OCH3 is 2. The summed E-state index contributed by atoms with van der Waals surface area (Å²) in [4.78, 5) is 12.5. The predicted octanol–water partition coefficient (Wildman–Crippen LogP) is 5.85. The van der Waals surface area contributed by atoms with Crippen molar-refractivity contribution in [1.82, 2.24) is 4.90 Å². The van der Waals surface area contributed by atoms with E-state index in [0.29, 0.717) is 14.9 Å². The minimum Gasteiger partial charge on any atom is -0.496 e. The number of carbonyl (C=O) groups excluding carboxylic acids is 1. The molecule has 34 heavy (non-hydrogen) atoms. The molecule has 4 nitrogen and oxygen atoms in total. The highest BCUT2D eigenvalue weighted by atomic mass is 127. The first-order valence-corrected chi connectivity index (χ1v) is 10.5. The topological polar surface area (TPSA) is 38.8 Å². The third kappa shape index (κ3) is 5.84. The largest absolute Gasteiger partial charge is 0.496 e. The van der Waals surface area contributed by atoms with Gasteiger partial charge in [0.05, 0.1) is 17.8 Å². The number of halogens is 9. The minimum atomic E-state index is -6.68. The number of hydrogen-bond acceptors (Lipinski definition) is 3. The van der Waals surface area contributed by atoms with E-state index in [4.69, 9.17) is 9.47 Å². The Kier molecular flexibility index (Phi) is 8.64. The molecular weight excluding hydrogens is 593 g/mol. The maximum Gasteiger partial charge on any atom is 0.460 e. The van der Waals surface area contributed by atoms with Crippen molar-refractivity contribution in [2.45, 2.75) is 31.0 Å². The SMILES string of the molecule is COc1cc(CCN(Cc2cccc(F)c2)C(=O)C(F)(F)C(F)(F)C(F)(F)F)c(OC)cc1I. The van der Waals surface area contributed by atoms with E-state index in [1.54, 1.807) is 0 Å². The lowest BCUT2D eigenvalue weighted by Crippen LogP contribution is -2.60. The fourth-order valence-electron chi connectivity index (χ4n) is 2.99. The summed E-state index contributed by atoms with van der Waals surface area (Å²) in [7, 11) is 2.66. The fourth-order valence-corrected chi connectivity index (χ4v) is 3.65. The molecule has 0 bridgehead atoms. The number of hydrogen-bond donors (Lipinski definition) is 0. The lowest BCUT2D eigenvalue weighted by atomic mass is 10.1. The van der Waals surface area contributed by atoms with Crippen molar-refractivity contribution in [3.63, 3.8) is 0 Å². The Morgan fingerprint density at radius 2 is 1.59 bits per heavy atom. The van der Waals surface area contributed by atoms with Gasteiger partial charge in [0.1, 0.15) is 17.3 Å². The first-order chi connectivity index (χ1) is 15.7. The third-order valence-electron chi connectivity index (χ3n) is 4.77. The van der Waals surface area contributed by atoms with E-state index in [1.807, 2.05) is 22.6 Å². The molecule has 2 rings (SSSR count). The van der Waals surface area contributed by atoms with Gasteiger partial charge in [0.15, 0.2) is 0 Å². The van der Waals surface area contributed by atoms with Crippen LogP contribution in [0.4, 0.5) is 35.1 Å². The van der Waals surface area contributed by atoms with Crippen LogP contribution in [0.1, 0.15) is 11.1 Å². The Bertz CT molecular complexity index is 1030. The Balaban J connectivity index is 2.44. The number of amides is 1. The zero-order chi connectivity index (χ0) is 25.9. The first kappa shape index (κ1) is 27.9. The van der Waals surface area contributed by atoms with E-state index in [0.717, 1.165) is 12.1 Å². The third-order valence-corrected chi connectivity index (χ3v) is 5.62. The molecule has 2 aromatic rings. The van der Waals surface area contributed by atoms with Crippen LogP contribution in [0.15, 0.2) is 36.4 Å². The summed E-state index contributed by atoms with van der Waals surface area (Å²) in [6.07, 6.45) is -6.95. The number of nitrogens with zero attached hydrogens (tertiary/aromatic N) is 1. The average molecular weight is 611 g/mol. The number of ether oxygens (including phenoxy) is 2. The second kappa shape index (κ2) is 10.5. The van der Waals surface area contributed by atoms with Gasteiger partial charge >= 0.3 is 18.0 Å². The molecule has 0 N–H and O–H groups in total. The summed E-state index contributed by atoms with van der Waals surface area (Å²) in [6, 6.07) is 7.20. The molecule has 188 valence electrons. The van der Waals surface area contributed by atoms with Gasteiger partial charge < -0.3 is 14.4 Å². The molecule has 0 spiro atoms. The number of benzene rings is 2. The van der Waals surface area contributed by atoms with Crippen molar-refractivity contribution in [2.75, 3.05) is 20.8 Å². The highest BCUT2D eigenvalue weighted by Gasteiger charge is 2.76. The predicted molar refractivity (Wildman–Crippen MR) is 114 cm³/mol. The van der Waals surface area contributed by atoms with Gasteiger partial charge in [-0.15, -0.1) is 0 Å². The first-order valence-electron chi connectivity index (χ1n) is 9.42. The molecular formula is C21H18F8INO3. The minimum absolute atomic E-state index is 0.0911. The van der Waals surface area contributed by atoms with Crippen molar-refractivity contribution in [2.24, 2.45) is 0 Å². The van der Waals surface area contributed by atoms with Crippen molar-refractivity contribution >= 4 is 28.5 Å². The summed E-state index contributed by atoms with van der Waals surface area (Å²) in [5.41, 5.74) is 0.217. The van der Waals surface area contributed by atoms with E-state index in [9.17, 15) is 39.9 Å². The molecule has 0 unspecified atom stereocenters. The van der Waals surface area contributed by atoms with Crippen LogP contribution in [0.3, 0.4) is 0 Å². The van der Waals surface area contributed by atoms with Crippen LogP contribution < -0.4 is 9.47 Å². The van der Waals surface area contributed by atoms with E-state index < -0.39 is 42.8 Å². The van der Waals surface area contributed by atoms with Crippen molar-refractivity contribution in [1.29, 1.82) is 0 Å². The van der Waals surface area contributed by atoms with E-state index in [-0.39, 0.29) is 22.6 Å². The highest BCUT2D eigenvalue weighted by molar-refractivity contribution is 14.1. The number of rotatable bonds is 9. The zero-order valence-electron chi connectivity index (χ0n) is 17.7. The number of carbonyl (C=O) groups is 1. The maximum absolute atomic E-state index is 14.2. The van der Waals surface area contributed by atoms with E-state index in [2.05, 4.69) is 0 Å². The normalized spacial score (nSPS) is 12.4. The lowest BCUT2D eigenvalue weighted by Gasteiger charge is -2.32. The molecule has 0 fully saturated rings. The Morgan fingerprint density at radius 3 is 2.12 bits per heavy atom. The summed E-state index contributed by atoms with van der Waals surface area (Å²) >= 11 is 1.93. The molecule has 0 heterocycles. The quantitative estimate of drug-likeness (QED) is 0.264. The number of alkyl halides is 7. The molecule has 13 heteroatoms. The molecule has 0 saturated carbocycles. The van der Waals surface area contributed by atoms with Gasteiger partial charge in [-0.3, -0.25) is 4.79 Å². The summed E-state index contributed by atoms with van der Waals surface area (Å²) < 4.78 is 118. The highest BCUT2D eigenvalue weighted by Crippen LogP contribution is 2.47. The Labute approximate surface area is 203 Å². The fraction of sp³-hybridized carbons (Fsp3) is 0.381. The molecule has 0 aromatic heterocycles. The summed E-state index contributed by atoms with van der Waals surface area (Å²) in [5, 5.41) is 0. The van der Waals surface area contributed by atoms with E-state index in [1.165, 1.54) is 38.5 Å². The molecule has 2 aromatic carbocycles. The Hall–Kier alpha value is -2.32. The smallest absolute Gasteiger partial charge is 0.460 e.